The summed E-state index contributed by atoms with van der Waals surface area (Å²) in [6.45, 7) is 6.89. The number of thiophene rings is 1. The van der Waals surface area contributed by atoms with Gasteiger partial charge in [0, 0.05) is 50.9 Å². The van der Waals surface area contributed by atoms with E-state index in [1.807, 2.05) is 6.92 Å². The maximum absolute atomic E-state index is 4.63. The predicted octanol–water partition coefficient (Wildman–Crippen LogP) is 2.64. The number of nitrogens with zero attached hydrogens (tertiary/aromatic N) is 5. The molecule has 0 bridgehead atoms. The van der Waals surface area contributed by atoms with Crippen LogP contribution in [0.2, 0.25) is 0 Å². The fraction of sp³-hybridized carbons (Fsp3) is 0.421. The van der Waals surface area contributed by atoms with Crippen LogP contribution in [0.1, 0.15) is 11.5 Å². The third kappa shape index (κ3) is 4.28. The zero-order valence-corrected chi connectivity index (χ0v) is 16.6. The Bertz CT molecular complexity index is 866. The summed E-state index contributed by atoms with van der Waals surface area (Å²) in [5.74, 6) is 2.70. The predicted molar refractivity (Wildman–Crippen MR) is 111 cm³/mol. The van der Waals surface area contributed by atoms with Gasteiger partial charge in [0.2, 0.25) is 0 Å². The van der Waals surface area contributed by atoms with Gasteiger partial charge in [-0.2, -0.15) is 0 Å². The van der Waals surface area contributed by atoms with Crippen molar-refractivity contribution < 1.29 is 0 Å². The molecule has 0 aromatic carbocycles. The third-order valence-corrected chi connectivity index (χ3v) is 5.68. The highest BCUT2D eigenvalue weighted by Gasteiger charge is 2.16. The van der Waals surface area contributed by atoms with Gasteiger partial charge in [0.05, 0.1) is 11.2 Å². The van der Waals surface area contributed by atoms with Crippen LogP contribution in [0.3, 0.4) is 0 Å². The number of hydrogen-bond donors (Lipinski definition) is 2. The molecule has 0 amide bonds. The summed E-state index contributed by atoms with van der Waals surface area (Å²) in [6, 6.07) is 6.22. The molecule has 0 unspecified atom stereocenters. The molecule has 1 aliphatic rings. The van der Waals surface area contributed by atoms with Crippen LogP contribution in [-0.2, 0) is 6.42 Å². The van der Waals surface area contributed by atoms with Gasteiger partial charge in [-0.15, -0.1) is 11.3 Å². The molecule has 0 radical (unpaired) electrons. The lowest BCUT2D eigenvalue weighted by Gasteiger charge is -2.33. The van der Waals surface area contributed by atoms with Crippen LogP contribution in [0.4, 0.5) is 11.6 Å². The van der Waals surface area contributed by atoms with Crippen molar-refractivity contribution in [1.29, 1.82) is 0 Å². The third-order valence-electron chi connectivity index (χ3n) is 4.81. The minimum absolute atomic E-state index is 0.791. The van der Waals surface area contributed by atoms with Gasteiger partial charge >= 0.3 is 0 Å². The van der Waals surface area contributed by atoms with Crippen molar-refractivity contribution in [2.24, 2.45) is 0 Å². The Morgan fingerprint density at radius 1 is 1.22 bits per heavy atom. The molecule has 0 atom stereocenters. The van der Waals surface area contributed by atoms with Gasteiger partial charge in [-0.05, 0) is 25.4 Å². The first-order valence-corrected chi connectivity index (χ1v) is 10.2. The zero-order chi connectivity index (χ0) is 18.6. The molecule has 4 heterocycles. The lowest BCUT2D eigenvalue weighted by molar-refractivity contribution is 0.312. The highest BCUT2D eigenvalue weighted by molar-refractivity contribution is 7.13. The summed E-state index contributed by atoms with van der Waals surface area (Å²) >= 11 is 1.71. The molecule has 3 aromatic rings. The van der Waals surface area contributed by atoms with Crippen molar-refractivity contribution in [2.45, 2.75) is 13.3 Å². The number of hydrogen-bond acceptors (Lipinski definition) is 7. The molecule has 7 nitrogen and oxygen atoms in total. The van der Waals surface area contributed by atoms with Crippen LogP contribution in [0, 0.1) is 6.92 Å². The minimum Gasteiger partial charge on any atom is -0.370 e. The van der Waals surface area contributed by atoms with Crippen LogP contribution in [0.15, 0.2) is 29.9 Å². The molecule has 0 aliphatic carbocycles. The summed E-state index contributed by atoms with van der Waals surface area (Å²) in [5.41, 5.74) is 2.19. The van der Waals surface area contributed by atoms with E-state index in [0.29, 0.717) is 0 Å². The number of rotatable bonds is 6. The first-order valence-electron chi connectivity index (χ1n) is 9.28. The van der Waals surface area contributed by atoms with Crippen LogP contribution >= 0.6 is 11.3 Å². The Hall–Kier alpha value is -2.45. The monoisotopic (exact) mass is 383 g/mol. The zero-order valence-electron chi connectivity index (χ0n) is 15.8. The van der Waals surface area contributed by atoms with E-state index in [9.17, 15) is 0 Å². The number of piperazine rings is 1. The lowest BCUT2D eigenvalue weighted by atomic mass is 10.2. The summed E-state index contributed by atoms with van der Waals surface area (Å²) in [5, 5.41) is 5.53. The highest BCUT2D eigenvalue weighted by atomic mass is 32.1. The number of imidazole rings is 1. The Balaban J connectivity index is 1.40. The molecule has 3 aromatic heterocycles. The molecule has 0 saturated carbocycles. The molecule has 1 fully saturated rings. The summed E-state index contributed by atoms with van der Waals surface area (Å²) in [7, 11) is 2.16. The second-order valence-corrected chi connectivity index (χ2v) is 7.78. The fourth-order valence-electron chi connectivity index (χ4n) is 3.29. The molecular formula is C19H25N7S. The quantitative estimate of drug-likeness (QED) is 0.682. The van der Waals surface area contributed by atoms with E-state index in [2.05, 4.69) is 65.7 Å². The van der Waals surface area contributed by atoms with E-state index >= 15 is 0 Å². The van der Waals surface area contributed by atoms with Gasteiger partial charge in [-0.1, -0.05) is 6.07 Å². The summed E-state index contributed by atoms with van der Waals surface area (Å²) in [4.78, 5) is 22.8. The van der Waals surface area contributed by atoms with Crippen LogP contribution in [-0.4, -0.2) is 64.6 Å². The smallest absolute Gasteiger partial charge is 0.134 e. The standard InChI is InChI=1S/C19H25N7S/c1-14-23-17(12-18(24-14)26-9-7-25(2)8-10-26)20-6-5-15-19(22-13-21-15)16-4-3-11-27-16/h3-4,11-13H,5-10H2,1-2H3,(H,21,22)(H,20,23,24). The van der Waals surface area contributed by atoms with Crippen molar-refractivity contribution in [2.75, 3.05) is 50.0 Å². The van der Waals surface area contributed by atoms with Crippen molar-refractivity contribution in [3.05, 3.63) is 41.4 Å². The second-order valence-electron chi connectivity index (χ2n) is 6.83. The SMILES string of the molecule is Cc1nc(NCCc2[nH]cnc2-c2cccs2)cc(N2CCN(C)CC2)n1. The van der Waals surface area contributed by atoms with Crippen LogP contribution in [0.25, 0.3) is 10.6 Å². The van der Waals surface area contributed by atoms with E-state index in [1.165, 1.54) is 4.88 Å². The average Bonchev–Trinajstić information content (AvgIpc) is 3.33. The largest absolute Gasteiger partial charge is 0.370 e. The molecule has 4 rings (SSSR count). The lowest BCUT2D eigenvalue weighted by Crippen LogP contribution is -2.44. The van der Waals surface area contributed by atoms with Gasteiger partial charge in [-0.25, -0.2) is 15.0 Å². The van der Waals surface area contributed by atoms with Crippen molar-refractivity contribution in [3.8, 4) is 10.6 Å². The van der Waals surface area contributed by atoms with Crippen molar-refractivity contribution in [3.63, 3.8) is 0 Å². The molecule has 0 spiro atoms. The summed E-state index contributed by atoms with van der Waals surface area (Å²) < 4.78 is 0. The second kappa shape index (κ2) is 8.06. The first-order chi connectivity index (χ1) is 13.2. The van der Waals surface area contributed by atoms with E-state index in [4.69, 9.17) is 0 Å². The van der Waals surface area contributed by atoms with Crippen LogP contribution < -0.4 is 10.2 Å². The van der Waals surface area contributed by atoms with Crippen molar-refractivity contribution in [1.82, 2.24) is 24.8 Å². The van der Waals surface area contributed by atoms with E-state index in [0.717, 1.165) is 68.0 Å². The molecule has 2 N–H and O–H groups in total. The van der Waals surface area contributed by atoms with Crippen LogP contribution in [0.5, 0.6) is 0 Å². The fourth-order valence-corrected chi connectivity index (χ4v) is 4.04. The van der Waals surface area contributed by atoms with E-state index < -0.39 is 0 Å². The van der Waals surface area contributed by atoms with Gasteiger partial charge in [0.25, 0.3) is 0 Å². The van der Waals surface area contributed by atoms with Crippen molar-refractivity contribution >= 4 is 23.0 Å². The number of anilines is 2. The molecule has 1 saturated heterocycles. The maximum atomic E-state index is 4.63. The molecule has 27 heavy (non-hydrogen) atoms. The summed E-state index contributed by atoms with van der Waals surface area (Å²) in [6.07, 6.45) is 2.63. The van der Waals surface area contributed by atoms with Gasteiger partial charge < -0.3 is 20.1 Å². The highest BCUT2D eigenvalue weighted by Crippen LogP contribution is 2.25. The first kappa shape index (κ1) is 17.9. The minimum atomic E-state index is 0.791. The van der Waals surface area contributed by atoms with Gasteiger partial charge in [0.1, 0.15) is 23.2 Å². The number of aromatic amines is 1. The number of likely N-dealkylation sites (N-methyl/N-ethyl adjacent to an activating group) is 1. The number of aromatic nitrogens is 4. The van der Waals surface area contributed by atoms with E-state index in [1.54, 1.807) is 17.7 Å². The Morgan fingerprint density at radius 3 is 2.85 bits per heavy atom. The van der Waals surface area contributed by atoms with Gasteiger partial charge in [-0.3, -0.25) is 0 Å². The average molecular weight is 384 g/mol. The molecule has 142 valence electrons. The Kier molecular flexibility index (Phi) is 5.35. The number of nitrogens with one attached hydrogen (secondary N) is 2. The molecule has 8 heteroatoms. The van der Waals surface area contributed by atoms with Gasteiger partial charge in [0.15, 0.2) is 0 Å². The Morgan fingerprint density at radius 2 is 2.07 bits per heavy atom. The number of aryl methyl sites for hydroxylation is 1. The molecular weight excluding hydrogens is 358 g/mol. The maximum Gasteiger partial charge on any atom is 0.134 e. The topological polar surface area (TPSA) is 73.0 Å². The normalized spacial score (nSPS) is 15.3. The Labute approximate surface area is 163 Å². The molecule has 1 aliphatic heterocycles. The number of H-pyrrole nitrogens is 1. The van der Waals surface area contributed by atoms with E-state index in [-0.39, 0.29) is 0 Å².